The number of nitrogens with zero attached hydrogens (tertiary/aromatic N) is 2. The van der Waals surface area contributed by atoms with Gasteiger partial charge in [-0.25, -0.2) is 14.8 Å². The minimum atomic E-state index is -1.14. The van der Waals surface area contributed by atoms with Crippen molar-refractivity contribution in [1.82, 2.24) is 25.9 Å². The molecule has 0 radical (unpaired) electrons. The monoisotopic (exact) mass is 1870 g/mol. The Morgan fingerprint density at radius 1 is 0.319 bits per heavy atom. The second kappa shape index (κ2) is 50.4. The zero-order valence-electron chi connectivity index (χ0n) is 78.1. The maximum Gasteiger partial charge on any atom is 0.330 e. The number of rotatable bonds is 34. The fourth-order valence-corrected chi connectivity index (χ4v) is 16.9. The van der Waals surface area contributed by atoms with E-state index in [1.54, 1.807) is 41.0 Å². The van der Waals surface area contributed by atoms with Gasteiger partial charge in [-0.15, -0.1) is 0 Å². The third-order valence-corrected chi connectivity index (χ3v) is 23.8. The first-order valence-electron chi connectivity index (χ1n) is 45.7. The molecule has 0 aliphatic heterocycles. The number of hydrogen-bond donors (Lipinski definition) is 8. The first-order chi connectivity index (χ1) is 69.2. The third kappa shape index (κ3) is 25.2. The van der Waals surface area contributed by atoms with Gasteiger partial charge in [0.1, 0.15) is 65.0 Å². The van der Waals surface area contributed by atoms with Gasteiger partial charge in [0.25, 0.3) is 0 Å². The lowest BCUT2D eigenvalue weighted by Gasteiger charge is -2.25. The molecule has 0 fully saturated rings. The molecule has 2 heterocycles. The molecule has 21 nitrogen and oxygen atoms in total. The summed E-state index contributed by atoms with van der Waals surface area (Å²) in [6.45, 7) is -0.258. The van der Waals surface area contributed by atoms with Crippen LogP contribution in [0, 0.1) is 0 Å². The molecule has 18 rings (SSSR count). The fourth-order valence-electron chi connectivity index (χ4n) is 16.9. The molecule has 0 bridgehead atoms. The number of aliphatic hydroxyl groups excluding tert-OH is 2. The van der Waals surface area contributed by atoms with Crippen LogP contribution in [0.1, 0.15) is 87.7 Å². The van der Waals surface area contributed by atoms with E-state index >= 15 is 0 Å². The fraction of sp³-hybridized carbons (Fsp3) is 0.108. The van der Waals surface area contributed by atoms with E-state index in [0.29, 0.717) is 48.0 Å². The Kier molecular flexibility index (Phi) is 35.5. The lowest BCUT2D eigenvalue weighted by Crippen LogP contribution is -2.30. The normalized spacial score (nSPS) is 11.9. The number of oxazole rings is 2. The standard InChI is InChI=1S/C31H29NO4.C30H24N2O3.C29H24N2O2.C21H17NO3.C9H13NO2/c1-36-26-15-8-14-24(18-26)25(20-33)19-29(35)31(32-21-34)30-27(22-10-4-2-5-11-22)16-9-17-28(30)23-12-6-3-7-13-23;1-34-24-15-8-14-23(18-24)27-19-35-30(32-27)29(31-20-33)28-25(21-10-4-2-5-11-21)16-9-17-26(28)22-12-6-3-7-13-22;1-32-23-15-8-14-22(18-23)26-19-33-29(31-26)28(30)27-24(20-10-4-2-5-11-20)16-9-17-25(27)21-12-6-3-7-13-21;23-14-22-20(21(24)25)19-17(15-8-3-1-4-9-15)12-7-13-18(19)16-10-5-2-6-11-16;1-12-8-4-2-3-7(5-8)9(10)6-11/h2-18,21,25,31,33H,19-20H2,1H3,(H,32,34);2-20,29H,1H3,(H,31,33);2-19,28H,30H2,1H3;1-14,20H,(H,22,23)(H,24,25);2-5,9,11H,6,10H2,1H3. The number of nitrogens with one attached hydrogen (secondary N) is 3. The van der Waals surface area contributed by atoms with E-state index in [1.165, 1.54) is 0 Å². The highest BCUT2D eigenvalue weighted by Crippen LogP contribution is 2.45. The number of amides is 3. The number of nitrogens with two attached hydrogens (primary N) is 2. The van der Waals surface area contributed by atoms with Gasteiger partial charge in [0.05, 0.1) is 47.7 Å². The van der Waals surface area contributed by atoms with E-state index in [1.807, 2.05) is 334 Å². The average Bonchev–Trinajstić information content (AvgIpc) is 1.73. The van der Waals surface area contributed by atoms with Crippen molar-refractivity contribution in [2.45, 2.75) is 42.5 Å². The van der Waals surface area contributed by atoms with Gasteiger partial charge in [0.15, 0.2) is 11.8 Å². The molecule has 0 saturated carbocycles. The van der Waals surface area contributed by atoms with Gasteiger partial charge in [0.2, 0.25) is 31.0 Å². The topological polar surface area (TPSA) is 323 Å². The van der Waals surface area contributed by atoms with Crippen LogP contribution in [-0.2, 0) is 24.0 Å². The molecule has 21 heteroatoms. The Morgan fingerprint density at radius 2 is 0.596 bits per heavy atom. The van der Waals surface area contributed by atoms with Gasteiger partial charge >= 0.3 is 5.97 Å². The van der Waals surface area contributed by atoms with Gasteiger partial charge in [-0.05, 0) is 165 Å². The molecule has 141 heavy (non-hydrogen) atoms. The van der Waals surface area contributed by atoms with Gasteiger partial charge in [-0.2, -0.15) is 0 Å². The number of carbonyl (C=O) groups is 5. The molecule has 0 aliphatic rings. The van der Waals surface area contributed by atoms with Crippen molar-refractivity contribution in [2.24, 2.45) is 11.5 Å². The van der Waals surface area contributed by atoms with Crippen molar-refractivity contribution < 1.29 is 67.1 Å². The molecule has 10 N–H and O–H groups in total. The van der Waals surface area contributed by atoms with Crippen molar-refractivity contribution in [1.29, 1.82) is 0 Å². The lowest BCUT2D eigenvalue weighted by molar-refractivity contribution is -0.140. The van der Waals surface area contributed by atoms with Gasteiger partial charge in [0, 0.05) is 29.0 Å². The molecule has 2 aromatic heterocycles. The number of ketones is 1. The largest absolute Gasteiger partial charge is 0.497 e. The number of Topliss-reactive ketones (excluding diaryl/α,β-unsaturated/α-hetero) is 1. The summed E-state index contributed by atoms with van der Waals surface area (Å²) in [5.74, 6) is 2.05. The summed E-state index contributed by atoms with van der Waals surface area (Å²) >= 11 is 0. The number of aliphatic carboxylic acids is 1. The van der Waals surface area contributed by atoms with Crippen LogP contribution in [0.5, 0.6) is 23.0 Å². The van der Waals surface area contributed by atoms with Crippen LogP contribution in [-0.4, -0.2) is 97.9 Å². The van der Waals surface area contributed by atoms with Gasteiger partial charge in [-0.1, -0.05) is 364 Å². The van der Waals surface area contributed by atoms with Crippen molar-refractivity contribution in [3.05, 3.63) is 470 Å². The number of aliphatic hydroxyl groups is 2. The van der Waals surface area contributed by atoms with Crippen molar-refractivity contribution in [2.75, 3.05) is 41.7 Å². The predicted molar refractivity (Wildman–Crippen MR) is 554 cm³/mol. The molecule has 18 aromatic rings. The smallest absolute Gasteiger partial charge is 0.330 e. The minimum Gasteiger partial charge on any atom is -0.497 e. The van der Waals surface area contributed by atoms with Crippen LogP contribution in [0.25, 0.3) is 112 Å². The minimum absolute atomic E-state index is 0.0481. The Hall–Kier alpha value is -17.5. The number of carboxylic acid groups (broad SMARTS) is 1. The highest BCUT2D eigenvalue weighted by atomic mass is 16.5. The number of carboxylic acids is 1. The average molecular weight is 1870 g/mol. The first kappa shape index (κ1) is 99.5. The zero-order chi connectivity index (χ0) is 98.6. The summed E-state index contributed by atoms with van der Waals surface area (Å²) < 4.78 is 32.9. The van der Waals surface area contributed by atoms with Crippen LogP contribution < -0.4 is 46.4 Å². The van der Waals surface area contributed by atoms with Crippen LogP contribution >= 0.6 is 0 Å². The molecule has 3 amide bonds. The summed E-state index contributed by atoms with van der Waals surface area (Å²) in [4.78, 5) is 69.8. The molecular weight excluding hydrogens is 1760 g/mol. The second-order valence-corrected chi connectivity index (χ2v) is 32.5. The first-order valence-corrected chi connectivity index (χ1v) is 45.7. The maximum absolute atomic E-state index is 13.8. The summed E-state index contributed by atoms with van der Waals surface area (Å²) in [6.07, 6.45) is 4.99. The van der Waals surface area contributed by atoms with E-state index in [4.69, 9.17) is 54.3 Å². The molecule has 0 saturated heterocycles. The molecule has 6 atom stereocenters. The Labute approximate surface area is 819 Å². The van der Waals surface area contributed by atoms with E-state index < -0.39 is 36.1 Å². The molecule has 6 unspecified atom stereocenters. The Bertz CT molecular complexity index is 6850. The van der Waals surface area contributed by atoms with Gasteiger partial charge < -0.3 is 70.5 Å². The molecule has 0 spiro atoms. The molecular formula is C120H107N7O14. The zero-order valence-corrected chi connectivity index (χ0v) is 78.1. The van der Waals surface area contributed by atoms with E-state index in [0.717, 1.165) is 151 Å². The number of ether oxygens (including phenoxy) is 4. The van der Waals surface area contributed by atoms with E-state index in [-0.39, 0.29) is 31.5 Å². The summed E-state index contributed by atoms with van der Waals surface area (Å²) in [5, 5.41) is 36.8. The second-order valence-electron chi connectivity index (χ2n) is 32.5. The highest BCUT2D eigenvalue weighted by Gasteiger charge is 2.33. The highest BCUT2D eigenvalue weighted by molar-refractivity contribution is 5.94. The van der Waals surface area contributed by atoms with E-state index in [2.05, 4.69) is 94.8 Å². The Balaban J connectivity index is 0.000000145. The Morgan fingerprint density at radius 3 is 0.922 bits per heavy atom. The lowest BCUT2D eigenvalue weighted by atomic mass is 9.83. The maximum atomic E-state index is 13.8. The van der Waals surface area contributed by atoms with Crippen LogP contribution in [0.3, 0.4) is 0 Å². The number of methoxy groups -OCH3 is 4. The van der Waals surface area contributed by atoms with Gasteiger partial charge in [-0.3, -0.25) is 19.2 Å². The molecule has 706 valence electrons. The molecule has 0 aliphatic carbocycles. The number of benzene rings is 16. The quantitative estimate of drug-likeness (QED) is 0.0174. The number of hydrogen-bond acceptors (Lipinski definition) is 17. The van der Waals surface area contributed by atoms with Crippen molar-refractivity contribution >= 4 is 31.0 Å². The SMILES string of the molecule is COc1cccc(-c2coc(C(N)c3c(-c4ccccc4)cccc3-c3ccccc3)n2)c1.COc1cccc(-c2coc(C(NC=O)c3c(-c4ccccc4)cccc3-c3ccccc3)n2)c1.COc1cccc(C(CO)CC(=O)C(NC=O)c2c(-c3ccccc3)cccc2-c2ccccc2)c1.COc1cccc(C(N)CO)c1.O=CNC(C(=O)O)c1c(-c2ccccc2)cccc1-c1ccccc1. The summed E-state index contributed by atoms with van der Waals surface area (Å²) in [6, 6.07) is 130. The van der Waals surface area contributed by atoms with Crippen molar-refractivity contribution in [3.63, 3.8) is 0 Å². The number of aromatic nitrogens is 2. The van der Waals surface area contributed by atoms with Crippen LogP contribution in [0.4, 0.5) is 0 Å². The van der Waals surface area contributed by atoms with Crippen LogP contribution in [0.15, 0.2) is 434 Å². The number of carbonyl (C=O) groups excluding carboxylic acids is 4. The van der Waals surface area contributed by atoms with E-state index in [9.17, 15) is 34.2 Å². The summed E-state index contributed by atoms with van der Waals surface area (Å²) in [5.41, 5.74) is 35.9. The van der Waals surface area contributed by atoms with Crippen molar-refractivity contribution in [3.8, 4) is 135 Å². The third-order valence-electron chi connectivity index (χ3n) is 23.8. The van der Waals surface area contributed by atoms with Crippen LogP contribution in [0.2, 0.25) is 0 Å². The molecule has 16 aromatic carbocycles. The summed E-state index contributed by atoms with van der Waals surface area (Å²) in [7, 11) is 6.45. The predicted octanol–water partition coefficient (Wildman–Crippen LogP) is 23.4.